The molecule has 3 aromatic rings. The highest BCUT2D eigenvalue weighted by molar-refractivity contribution is 7.98. The first-order valence-electron chi connectivity index (χ1n) is 9.31. The second kappa shape index (κ2) is 10.2. The van der Waals surface area contributed by atoms with E-state index in [1.54, 1.807) is 36.5 Å². The van der Waals surface area contributed by atoms with Crippen LogP contribution in [0, 0.1) is 0 Å². The average Bonchev–Trinajstić information content (AvgIpc) is 2.72. The Morgan fingerprint density at radius 3 is 2.44 bits per heavy atom. The van der Waals surface area contributed by atoms with Crippen LogP contribution in [-0.4, -0.2) is 23.2 Å². The summed E-state index contributed by atoms with van der Waals surface area (Å²) in [4.78, 5) is 28.7. The zero-order valence-electron chi connectivity index (χ0n) is 16.8. The van der Waals surface area contributed by atoms with E-state index in [1.165, 1.54) is 30.8 Å². The van der Waals surface area contributed by atoms with Gasteiger partial charge in [0.2, 0.25) is 5.91 Å². The van der Waals surface area contributed by atoms with E-state index in [4.69, 9.17) is 0 Å². The molecule has 0 saturated carbocycles. The van der Waals surface area contributed by atoms with Gasteiger partial charge in [-0.2, -0.15) is 0 Å². The van der Waals surface area contributed by atoms with Crippen LogP contribution in [0.4, 0.5) is 24.7 Å². The number of hydrogen-bond acceptors (Lipinski definition) is 5. The SMILES string of the molecule is CC(=O)Nc1cc(CSc2ccccc2C(=O)Nc2ccc(OC(F)(F)F)cc2)ccn1. The number of carbonyl (C=O) groups is 2. The number of ether oxygens (including phenoxy) is 1. The first-order chi connectivity index (χ1) is 15.2. The predicted octanol–water partition coefficient (Wildman–Crippen LogP) is 5.48. The van der Waals surface area contributed by atoms with Crippen molar-refractivity contribution in [2.24, 2.45) is 0 Å². The third-order valence-electron chi connectivity index (χ3n) is 4.00. The molecule has 0 aliphatic rings. The lowest BCUT2D eigenvalue weighted by molar-refractivity contribution is -0.274. The van der Waals surface area contributed by atoms with Crippen molar-refractivity contribution in [3.63, 3.8) is 0 Å². The van der Waals surface area contributed by atoms with Gasteiger partial charge in [0.1, 0.15) is 11.6 Å². The van der Waals surface area contributed by atoms with Gasteiger partial charge < -0.3 is 15.4 Å². The Labute approximate surface area is 186 Å². The number of pyridine rings is 1. The van der Waals surface area contributed by atoms with Gasteiger partial charge >= 0.3 is 6.36 Å². The second-order valence-electron chi connectivity index (χ2n) is 6.54. The van der Waals surface area contributed by atoms with Crippen molar-refractivity contribution in [2.75, 3.05) is 10.6 Å². The molecule has 166 valence electrons. The van der Waals surface area contributed by atoms with Gasteiger partial charge in [0, 0.05) is 29.5 Å². The summed E-state index contributed by atoms with van der Waals surface area (Å²) in [6.07, 6.45) is -3.19. The molecule has 3 rings (SSSR count). The van der Waals surface area contributed by atoms with Crippen molar-refractivity contribution in [1.29, 1.82) is 0 Å². The molecule has 0 spiro atoms. The van der Waals surface area contributed by atoms with Gasteiger partial charge in [0.25, 0.3) is 5.91 Å². The molecular weight excluding hydrogens is 443 g/mol. The van der Waals surface area contributed by atoms with Crippen molar-refractivity contribution < 1.29 is 27.5 Å². The molecule has 1 aromatic heterocycles. The van der Waals surface area contributed by atoms with Crippen LogP contribution in [0.25, 0.3) is 0 Å². The summed E-state index contributed by atoms with van der Waals surface area (Å²) in [5, 5.41) is 5.29. The van der Waals surface area contributed by atoms with E-state index >= 15 is 0 Å². The number of amides is 2. The van der Waals surface area contributed by atoms with Gasteiger partial charge in [0.15, 0.2) is 0 Å². The van der Waals surface area contributed by atoms with E-state index in [0.29, 0.717) is 22.8 Å². The minimum Gasteiger partial charge on any atom is -0.406 e. The molecule has 0 saturated heterocycles. The second-order valence-corrected chi connectivity index (χ2v) is 7.56. The first-order valence-corrected chi connectivity index (χ1v) is 10.3. The largest absolute Gasteiger partial charge is 0.573 e. The quantitative estimate of drug-likeness (QED) is 0.455. The van der Waals surface area contributed by atoms with Gasteiger partial charge in [-0.05, 0) is 54.1 Å². The predicted molar refractivity (Wildman–Crippen MR) is 116 cm³/mol. The van der Waals surface area contributed by atoms with Crippen molar-refractivity contribution in [2.45, 2.75) is 23.9 Å². The summed E-state index contributed by atoms with van der Waals surface area (Å²) >= 11 is 1.43. The molecular formula is C22H18F3N3O3S. The Morgan fingerprint density at radius 2 is 1.75 bits per heavy atom. The molecule has 0 atom stereocenters. The fourth-order valence-corrected chi connectivity index (χ4v) is 3.69. The summed E-state index contributed by atoms with van der Waals surface area (Å²) in [7, 11) is 0. The number of alkyl halides is 3. The Balaban J connectivity index is 1.67. The summed E-state index contributed by atoms with van der Waals surface area (Å²) in [5.74, 6) is -0.0151. The first kappa shape index (κ1) is 23.1. The topological polar surface area (TPSA) is 80.3 Å². The van der Waals surface area contributed by atoms with Crippen molar-refractivity contribution in [3.05, 3.63) is 78.0 Å². The number of halogens is 3. The molecule has 0 aliphatic carbocycles. The Kier molecular flexibility index (Phi) is 7.37. The number of thioether (sulfide) groups is 1. The maximum absolute atomic E-state index is 12.7. The van der Waals surface area contributed by atoms with E-state index in [9.17, 15) is 22.8 Å². The van der Waals surface area contributed by atoms with Gasteiger partial charge in [0.05, 0.1) is 5.56 Å². The van der Waals surface area contributed by atoms with E-state index in [-0.39, 0.29) is 11.7 Å². The molecule has 2 N–H and O–H groups in total. The fourth-order valence-electron chi connectivity index (χ4n) is 2.69. The van der Waals surface area contributed by atoms with Crippen LogP contribution in [0.3, 0.4) is 0 Å². The van der Waals surface area contributed by atoms with Gasteiger partial charge in [-0.25, -0.2) is 4.98 Å². The highest BCUT2D eigenvalue weighted by atomic mass is 32.2. The molecule has 0 unspecified atom stereocenters. The number of benzene rings is 2. The zero-order chi connectivity index (χ0) is 23.1. The number of anilines is 2. The number of nitrogens with zero attached hydrogens (tertiary/aromatic N) is 1. The van der Waals surface area contributed by atoms with E-state index in [0.717, 1.165) is 22.6 Å². The lowest BCUT2D eigenvalue weighted by atomic mass is 10.2. The summed E-state index contributed by atoms with van der Waals surface area (Å²) in [5.41, 5.74) is 1.66. The number of aromatic nitrogens is 1. The van der Waals surface area contributed by atoms with Crippen LogP contribution in [0.15, 0.2) is 71.8 Å². The monoisotopic (exact) mass is 461 g/mol. The third kappa shape index (κ3) is 7.02. The molecule has 0 aliphatic heterocycles. The molecule has 2 aromatic carbocycles. The molecule has 10 heteroatoms. The maximum atomic E-state index is 12.7. The molecule has 32 heavy (non-hydrogen) atoms. The molecule has 0 fully saturated rings. The zero-order valence-corrected chi connectivity index (χ0v) is 17.6. The molecule has 0 radical (unpaired) electrons. The summed E-state index contributed by atoms with van der Waals surface area (Å²) in [6.45, 7) is 1.40. The van der Waals surface area contributed by atoms with Crippen LogP contribution in [-0.2, 0) is 10.5 Å². The number of rotatable bonds is 7. The van der Waals surface area contributed by atoms with Crippen LogP contribution >= 0.6 is 11.8 Å². The smallest absolute Gasteiger partial charge is 0.406 e. The van der Waals surface area contributed by atoms with Gasteiger partial charge in [-0.15, -0.1) is 24.9 Å². The van der Waals surface area contributed by atoms with E-state index in [2.05, 4.69) is 20.4 Å². The lowest BCUT2D eigenvalue weighted by Gasteiger charge is -2.12. The highest BCUT2D eigenvalue weighted by Crippen LogP contribution is 2.28. The molecule has 0 bridgehead atoms. The third-order valence-corrected chi connectivity index (χ3v) is 5.14. The maximum Gasteiger partial charge on any atom is 0.573 e. The molecule has 2 amide bonds. The Hall–Kier alpha value is -3.53. The minimum atomic E-state index is -4.78. The van der Waals surface area contributed by atoms with Crippen LogP contribution in [0.2, 0.25) is 0 Å². The number of carbonyl (C=O) groups excluding carboxylic acids is 2. The van der Waals surface area contributed by atoms with Crippen LogP contribution in [0.1, 0.15) is 22.8 Å². The number of hydrogen-bond donors (Lipinski definition) is 2. The van der Waals surface area contributed by atoms with E-state index in [1.807, 2.05) is 6.07 Å². The Morgan fingerprint density at radius 1 is 1.03 bits per heavy atom. The normalized spacial score (nSPS) is 11.0. The van der Waals surface area contributed by atoms with Gasteiger partial charge in [-0.3, -0.25) is 9.59 Å². The van der Waals surface area contributed by atoms with Crippen LogP contribution in [0.5, 0.6) is 5.75 Å². The van der Waals surface area contributed by atoms with Gasteiger partial charge in [-0.1, -0.05) is 12.1 Å². The molecule has 6 nitrogen and oxygen atoms in total. The summed E-state index contributed by atoms with van der Waals surface area (Å²) in [6, 6.07) is 15.5. The average molecular weight is 461 g/mol. The van der Waals surface area contributed by atoms with Crippen molar-refractivity contribution in [1.82, 2.24) is 4.98 Å². The fraction of sp³-hybridized carbons (Fsp3) is 0.136. The Bertz CT molecular complexity index is 1110. The van der Waals surface area contributed by atoms with E-state index < -0.39 is 12.3 Å². The number of nitrogens with one attached hydrogen (secondary N) is 2. The van der Waals surface area contributed by atoms with Crippen LogP contribution < -0.4 is 15.4 Å². The minimum absolute atomic E-state index is 0.220. The standard InChI is InChI=1S/C22H18F3N3O3S/c1-14(29)27-20-12-15(10-11-26-20)13-32-19-5-3-2-4-18(19)21(30)28-16-6-8-17(9-7-16)31-22(23,24)25/h2-12H,13H2,1H3,(H,28,30)(H,26,27,29). The lowest BCUT2D eigenvalue weighted by Crippen LogP contribution is -2.17. The van der Waals surface area contributed by atoms with Crippen molar-refractivity contribution >= 4 is 35.1 Å². The summed E-state index contributed by atoms with van der Waals surface area (Å²) < 4.78 is 40.6. The molecule has 1 heterocycles. The highest BCUT2D eigenvalue weighted by Gasteiger charge is 2.31. The van der Waals surface area contributed by atoms with Crippen molar-refractivity contribution in [3.8, 4) is 5.75 Å².